The Hall–Kier alpha value is -2.77. The molecule has 4 saturated carbocycles. The summed E-state index contributed by atoms with van der Waals surface area (Å²) in [4.78, 5) is 41.3. The van der Waals surface area contributed by atoms with E-state index in [-0.39, 0.29) is 18.1 Å². The fourth-order valence-corrected chi connectivity index (χ4v) is 7.46. The minimum Gasteiger partial charge on any atom is -0.454 e. The third-order valence-corrected chi connectivity index (χ3v) is 8.58. The Balaban J connectivity index is 1.09. The highest BCUT2D eigenvalue weighted by Gasteiger charge is 2.57. The Morgan fingerprint density at radius 2 is 1.74 bits per heavy atom. The van der Waals surface area contributed by atoms with Gasteiger partial charge in [-0.1, -0.05) is 0 Å². The van der Waals surface area contributed by atoms with Crippen molar-refractivity contribution in [1.29, 1.82) is 0 Å². The molecule has 2 amide bonds. The van der Waals surface area contributed by atoms with Crippen LogP contribution >= 0.6 is 0 Å². The average molecular weight is 469 g/mol. The Kier molecular flexibility index (Phi) is 5.22. The maximum absolute atomic E-state index is 13.8. The minimum atomic E-state index is -0.977. The summed E-state index contributed by atoms with van der Waals surface area (Å²) in [5.74, 6) is 2.45. The molecule has 8 heteroatoms. The Bertz CT molecular complexity index is 987. The van der Waals surface area contributed by atoms with Crippen LogP contribution in [-0.2, 0) is 19.1 Å². The topological polar surface area (TPSA) is 94.2 Å². The summed E-state index contributed by atoms with van der Waals surface area (Å²) in [5.41, 5.74) is 0.261. The molecule has 1 N–H and O–H groups in total. The van der Waals surface area contributed by atoms with Crippen LogP contribution in [0.3, 0.4) is 0 Å². The predicted molar refractivity (Wildman–Crippen MR) is 122 cm³/mol. The molecule has 0 aromatic heterocycles. The summed E-state index contributed by atoms with van der Waals surface area (Å²) >= 11 is 0. The molecule has 6 aliphatic rings. The molecule has 2 heterocycles. The molecule has 4 aliphatic carbocycles. The minimum absolute atomic E-state index is 0.153. The largest absolute Gasteiger partial charge is 0.454 e. The first-order chi connectivity index (χ1) is 16.4. The van der Waals surface area contributed by atoms with Gasteiger partial charge in [-0.25, -0.2) is 4.79 Å². The van der Waals surface area contributed by atoms with Gasteiger partial charge in [-0.15, -0.1) is 0 Å². The molecule has 0 radical (unpaired) electrons. The van der Waals surface area contributed by atoms with Crippen LogP contribution in [0.2, 0.25) is 0 Å². The summed E-state index contributed by atoms with van der Waals surface area (Å²) in [6.45, 7) is 2.30. The van der Waals surface area contributed by atoms with Crippen LogP contribution in [0.1, 0.15) is 58.3 Å². The number of nitrogens with one attached hydrogen (secondary N) is 1. The molecule has 2 atom stereocenters. The first kappa shape index (κ1) is 21.7. The van der Waals surface area contributed by atoms with Gasteiger partial charge in [0.25, 0.3) is 5.91 Å². The van der Waals surface area contributed by atoms with Crippen molar-refractivity contribution in [2.45, 2.75) is 70.4 Å². The zero-order valence-corrected chi connectivity index (χ0v) is 19.6. The zero-order valence-electron chi connectivity index (χ0n) is 19.6. The maximum Gasteiger partial charge on any atom is 0.329 e. The standard InChI is InChI=1S/C26H32N2O6/c1-15(23(29)27-19-4-5-21-22(10-19)33-14-32-21)34-24(30)20-3-2-6-28(20)25(31)26-11-16-7-17(12-26)9-18(8-16)13-26/h4-5,10,15-18,20H,2-3,6-9,11-14H2,1H3,(H,27,29). The van der Waals surface area contributed by atoms with E-state index in [2.05, 4.69) is 5.32 Å². The fourth-order valence-electron chi connectivity index (χ4n) is 7.46. The van der Waals surface area contributed by atoms with Crippen LogP contribution in [0.4, 0.5) is 5.69 Å². The van der Waals surface area contributed by atoms with Crippen LogP contribution in [0.15, 0.2) is 18.2 Å². The predicted octanol–water partition coefficient (Wildman–Crippen LogP) is 3.49. The molecule has 8 nitrogen and oxygen atoms in total. The number of esters is 1. The van der Waals surface area contributed by atoms with E-state index >= 15 is 0 Å². The maximum atomic E-state index is 13.8. The number of carbonyl (C=O) groups is 3. The lowest BCUT2D eigenvalue weighted by Crippen LogP contribution is -2.56. The Labute approximate surface area is 199 Å². The number of amides is 2. The van der Waals surface area contributed by atoms with Gasteiger partial charge in [-0.05, 0) is 88.2 Å². The number of rotatable bonds is 5. The molecule has 1 saturated heterocycles. The van der Waals surface area contributed by atoms with Crippen LogP contribution in [0.5, 0.6) is 11.5 Å². The summed E-state index contributed by atoms with van der Waals surface area (Å²) in [7, 11) is 0. The molecular weight excluding hydrogens is 436 g/mol. The number of ether oxygens (including phenoxy) is 3. The van der Waals surface area contributed by atoms with Gasteiger partial charge in [0.2, 0.25) is 12.7 Å². The SMILES string of the molecule is CC(OC(=O)C1CCCN1C(=O)C12CC3CC(CC(C3)C1)C2)C(=O)Nc1ccc2c(c1)OCO2. The van der Waals surface area contributed by atoms with E-state index in [1.54, 1.807) is 30.0 Å². The molecule has 7 rings (SSSR count). The lowest BCUT2D eigenvalue weighted by Gasteiger charge is -2.56. The van der Waals surface area contributed by atoms with E-state index < -0.39 is 24.0 Å². The second kappa shape index (κ2) is 8.17. The monoisotopic (exact) mass is 468 g/mol. The number of nitrogens with zero attached hydrogens (tertiary/aromatic N) is 1. The molecule has 4 bridgehead atoms. The quantitative estimate of drug-likeness (QED) is 0.665. The number of likely N-dealkylation sites (tertiary alicyclic amines) is 1. The van der Waals surface area contributed by atoms with Crippen LogP contribution in [0.25, 0.3) is 0 Å². The van der Waals surface area contributed by atoms with Gasteiger partial charge < -0.3 is 24.4 Å². The molecule has 1 aromatic rings. The average Bonchev–Trinajstić information content (AvgIpc) is 3.47. The molecule has 5 fully saturated rings. The smallest absolute Gasteiger partial charge is 0.329 e. The lowest BCUT2D eigenvalue weighted by atomic mass is 9.49. The van der Waals surface area contributed by atoms with Crippen molar-refractivity contribution < 1.29 is 28.6 Å². The van der Waals surface area contributed by atoms with E-state index in [1.165, 1.54) is 19.3 Å². The second-order valence-electron chi connectivity index (χ2n) is 11.0. The molecule has 1 aromatic carbocycles. The highest BCUT2D eigenvalue weighted by Crippen LogP contribution is 2.60. The van der Waals surface area contributed by atoms with Crippen molar-refractivity contribution in [3.63, 3.8) is 0 Å². The van der Waals surface area contributed by atoms with Crippen molar-refractivity contribution in [3.8, 4) is 11.5 Å². The number of fused-ring (bicyclic) bond motifs is 1. The van der Waals surface area contributed by atoms with Gasteiger partial charge in [0.05, 0.1) is 5.41 Å². The zero-order chi connectivity index (χ0) is 23.4. The van der Waals surface area contributed by atoms with Gasteiger partial charge in [0, 0.05) is 18.3 Å². The fraction of sp³-hybridized carbons (Fsp3) is 0.654. The van der Waals surface area contributed by atoms with Crippen molar-refractivity contribution in [1.82, 2.24) is 4.90 Å². The lowest BCUT2D eigenvalue weighted by molar-refractivity contribution is -0.168. The number of hydrogen-bond acceptors (Lipinski definition) is 6. The third-order valence-electron chi connectivity index (χ3n) is 8.58. The van der Waals surface area contributed by atoms with Crippen LogP contribution in [-0.4, -0.2) is 48.2 Å². The van der Waals surface area contributed by atoms with E-state index in [0.717, 1.165) is 25.7 Å². The van der Waals surface area contributed by atoms with E-state index in [4.69, 9.17) is 14.2 Å². The summed E-state index contributed by atoms with van der Waals surface area (Å²) in [6.07, 6.45) is 7.15. The number of benzene rings is 1. The van der Waals surface area contributed by atoms with Crippen molar-refractivity contribution in [2.24, 2.45) is 23.2 Å². The van der Waals surface area contributed by atoms with Gasteiger partial charge in [0.1, 0.15) is 6.04 Å². The normalized spacial score (nSPS) is 33.6. The summed E-state index contributed by atoms with van der Waals surface area (Å²) in [6, 6.07) is 4.52. The second-order valence-corrected chi connectivity index (χ2v) is 11.0. The first-order valence-electron chi connectivity index (χ1n) is 12.6. The molecule has 34 heavy (non-hydrogen) atoms. The van der Waals surface area contributed by atoms with Gasteiger partial charge >= 0.3 is 5.97 Å². The van der Waals surface area contributed by atoms with E-state index in [1.807, 2.05) is 0 Å². The molecule has 2 aliphatic heterocycles. The van der Waals surface area contributed by atoms with E-state index in [0.29, 0.717) is 47.9 Å². The van der Waals surface area contributed by atoms with Gasteiger partial charge in [-0.2, -0.15) is 0 Å². The van der Waals surface area contributed by atoms with E-state index in [9.17, 15) is 14.4 Å². The van der Waals surface area contributed by atoms with Crippen molar-refractivity contribution >= 4 is 23.5 Å². The van der Waals surface area contributed by atoms with Gasteiger partial charge in [-0.3, -0.25) is 9.59 Å². The van der Waals surface area contributed by atoms with Crippen molar-refractivity contribution in [2.75, 3.05) is 18.7 Å². The van der Waals surface area contributed by atoms with Crippen LogP contribution in [0, 0.1) is 23.2 Å². The highest BCUT2D eigenvalue weighted by molar-refractivity contribution is 5.96. The summed E-state index contributed by atoms with van der Waals surface area (Å²) in [5, 5.41) is 2.76. The summed E-state index contributed by atoms with van der Waals surface area (Å²) < 4.78 is 16.2. The van der Waals surface area contributed by atoms with Gasteiger partial charge in [0.15, 0.2) is 17.6 Å². The first-order valence-corrected chi connectivity index (χ1v) is 12.6. The molecular formula is C26H32N2O6. The number of anilines is 1. The Morgan fingerprint density at radius 3 is 2.44 bits per heavy atom. The van der Waals surface area contributed by atoms with Crippen LogP contribution < -0.4 is 14.8 Å². The van der Waals surface area contributed by atoms with Crippen molar-refractivity contribution in [3.05, 3.63) is 18.2 Å². The number of hydrogen-bond donors (Lipinski definition) is 1. The number of carbonyl (C=O) groups excluding carboxylic acids is 3. The highest BCUT2D eigenvalue weighted by atomic mass is 16.7. The molecule has 182 valence electrons. The third kappa shape index (κ3) is 3.71. The molecule has 0 spiro atoms. The Morgan fingerprint density at radius 1 is 1.06 bits per heavy atom. The molecule has 2 unspecified atom stereocenters.